The molecule has 1 aliphatic heterocycles. The van der Waals surface area contributed by atoms with Crippen molar-refractivity contribution in [2.75, 3.05) is 23.3 Å². The summed E-state index contributed by atoms with van der Waals surface area (Å²) in [5, 5.41) is 7.14. The quantitative estimate of drug-likeness (QED) is 0.771. The van der Waals surface area contributed by atoms with E-state index in [1.54, 1.807) is 17.1 Å². The first-order valence-corrected chi connectivity index (χ1v) is 9.21. The van der Waals surface area contributed by atoms with E-state index < -0.39 is 0 Å². The zero-order valence-corrected chi connectivity index (χ0v) is 15.3. The van der Waals surface area contributed by atoms with Crippen molar-refractivity contribution in [2.24, 2.45) is 0 Å². The minimum atomic E-state index is -0.229. The van der Waals surface area contributed by atoms with Crippen LogP contribution in [0.3, 0.4) is 0 Å². The molecular formula is C20H22N6O. The summed E-state index contributed by atoms with van der Waals surface area (Å²) in [6.45, 7) is 3.99. The van der Waals surface area contributed by atoms with Crippen LogP contribution in [-0.4, -0.2) is 38.7 Å². The minimum absolute atomic E-state index is 0.229. The maximum Gasteiger partial charge on any atom is 0.260 e. The number of anilines is 2. The van der Waals surface area contributed by atoms with Crippen molar-refractivity contribution in [1.29, 1.82) is 0 Å². The van der Waals surface area contributed by atoms with Gasteiger partial charge < -0.3 is 10.2 Å². The SMILES string of the molecule is Cc1c(C(=O)Nc2ccc(N3CCCCC3)cn2)cnn1-c1ccccn1. The molecule has 3 aromatic rings. The predicted molar refractivity (Wildman–Crippen MR) is 104 cm³/mol. The molecular weight excluding hydrogens is 340 g/mol. The van der Waals surface area contributed by atoms with E-state index in [2.05, 4.69) is 25.3 Å². The van der Waals surface area contributed by atoms with Crippen LogP contribution in [-0.2, 0) is 0 Å². The van der Waals surface area contributed by atoms with Gasteiger partial charge in [0.25, 0.3) is 5.91 Å². The highest BCUT2D eigenvalue weighted by atomic mass is 16.1. The smallest absolute Gasteiger partial charge is 0.260 e. The second-order valence-corrected chi connectivity index (χ2v) is 6.65. The van der Waals surface area contributed by atoms with E-state index in [1.807, 2.05) is 43.5 Å². The van der Waals surface area contributed by atoms with Gasteiger partial charge in [0.1, 0.15) is 5.82 Å². The van der Waals surface area contributed by atoms with Crippen molar-refractivity contribution in [3.05, 3.63) is 60.2 Å². The molecule has 3 aromatic heterocycles. The van der Waals surface area contributed by atoms with Gasteiger partial charge in [-0.15, -0.1) is 0 Å². The van der Waals surface area contributed by atoms with Crippen molar-refractivity contribution in [1.82, 2.24) is 19.7 Å². The minimum Gasteiger partial charge on any atom is -0.370 e. The summed E-state index contributed by atoms with van der Waals surface area (Å²) in [6.07, 6.45) is 8.82. The van der Waals surface area contributed by atoms with E-state index in [-0.39, 0.29) is 5.91 Å². The third-order valence-electron chi connectivity index (χ3n) is 4.83. The lowest BCUT2D eigenvalue weighted by molar-refractivity contribution is 0.102. The molecule has 4 rings (SSSR count). The number of pyridine rings is 2. The van der Waals surface area contributed by atoms with Crippen LogP contribution in [0.1, 0.15) is 35.3 Å². The fraction of sp³-hybridized carbons (Fsp3) is 0.300. The van der Waals surface area contributed by atoms with Gasteiger partial charge in [-0.1, -0.05) is 6.07 Å². The summed E-state index contributed by atoms with van der Waals surface area (Å²) < 4.78 is 1.65. The molecule has 1 fully saturated rings. The van der Waals surface area contributed by atoms with Gasteiger partial charge in [-0.2, -0.15) is 5.10 Å². The summed E-state index contributed by atoms with van der Waals surface area (Å²) in [7, 11) is 0. The summed E-state index contributed by atoms with van der Waals surface area (Å²) in [4.78, 5) is 23.6. The molecule has 138 valence electrons. The topological polar surface area (TPSA) is 75.9 Å². The number of rotatable bonds is 4. The molecule has 0 unspecified atom stereocenters. The molecule has 1 aliphatic rings. The first-order chi connectivity index (χ1) is 13.2. The van der Waals surface area contributed by atoms with Crippen LogP contribution in [0.25, 0.3) is 5.82 Å². The summed E-state index contributed by atoms with van der Waals surface area (Å²) >= 11 is 0. The van der Waals surface area contributed by atoms with E-state index in [9.17, 15) is 4.79 Å². The maximum absolute atomic E-state index is 12.6. The second-order valence-electron chi connectivity index (χ2n) is 6.65. The fourth-order valence-electron chi connectivity index (χ4n) is 3.33. The Morgan fingerprint density at radius 2 is 1.89 bits per heavy atom. The van der Waals surface area contributed by atoms with Crippen LogP contribution in [0.4, 0.5) is 11.5 Å². The lowest BCUT2D eigenvalue weighted by Gasteiger charge is -2.28. The molecule has 0 spiro atoms. The molecule has 1 N–H and O–H groups in total. The highest BCUT2D eigenvalue weighted by Gasteiger charge is 2.17. The number of amides is 1. The van der Waals surface area contributed by atoms with Crippen molar-refractivity contribution >= 4 is 17.4 Å². The highest BCUT2D eigenvalue weighted by molar-refractivity contribution is 6.04. The van der Waals surface area contributed by atoms with Crippen LogP contribution in [0.15, 0.2) is 48.9 Å². The predicted octanol–water partition coefficient (Wildman–Crippen LogP) is 3.21. The van der Waals surface area contributed by atoms with E-state index in [0.717, 1.165) is 24.5 Å². The van der Waals surface area contributed by atoms with Crippen LogP contribution in [0.2, 0.25) is 0 Å². The molecule has 7 nitrogen and oxygen atoms in total. The summed E-state index contributed by atoms with van der Waals surface area (Å²) in [6, 6.07) is 9.44. The van der Waals surface area contributed by atoms with Crippen LogP contribution in [0.5, 0.6) is 0 Å². The van der Waals surface area contributed by atoms with Gasteiger partial charge in [0.15, 0.2) is 5.82 Å². The zero-order valence-electron chi connectivity index (χ0n) is 15.3. The molecule has 0 aliphatic carbocycles. The molecule has 0 bridgehead atoms. The Morgan fingerprint density at radius 1 is 1.04 bits per heavy atom. The van der Waals surface area contributed by atoms with E-state index in [4.69, 9.17) is 0 Å². The number of nitrogens with one attached hydrogen (secondary N) is 1. The number of hydrogen-bond acceptors (Lipinski definition) is 5. The van der Waals surface area contributed by atoms with Crippen LogP contribution >= 0.6 is 0 Å². The molecule has 4 heterocycles. The van der Waals surface area contributed by atoms with Crippen molar-refractivity contribution in [3.63, 3.8) is 0 Å². The second kappa shape index (κ2) is 7.57. The molecule has 0 radical (unpaired) electrons. The number of piperidine rings is 1. The first kappa shape index (κ1) is 17.2. The third kappa shape index (κ3) is 3.67. The van der Waals surface area contributed by atoms with E-state index >= 15 is 0 Å². The van der Waals surface area contributed by atoms with Gasteiger partial charge in [0.2, 0.25) is 0 Å². The fourth-order valence-corrected chi connectivity index (χ4v) is 3.33. The number of hydrogen-bond donors (Lipinski definition) is 1. The largest absolute Gasteiger partial charge is 0.370 e. The van der Waals surface area contributed by atoms with Gasteiger partial charge in [0.05, 0.1) is 29.3 Å². The Kier molecular flexibility index (Phi) is 4.82. The number of carbonyl (C=O) groups is 1. The van der Waals surface area contributed by atoms with E-state index in [1.165, 1.54) is 19.3 Å². The monoisotopic (exact) mass is 362 g/mol. The number of carbonyl (C=O) groups excluding carboxylic acids is 1. The Hall–Kier alpha value is -3.22. The summed E-state index contributed by atoms with van der Waals surface area (Å²) in [5.74, 6) is 0.983. The molecule has 0 aromatic carbocycles. The van der Waals surface area contributed by atoms with Crippen LogP contribution < -0.4 is 10.2 Å². The normalized spacial score (nSPS) is 14.2. The van der Waals surface area contributed by atoms with Gasteiger partial charge >= 0.3 is 0 Å². The maximum atomic E-state index is 12.6. The third-order valence-corrected chi connectivity index (χ3v) is 4.83. The standard InChI is InChI=1S/C20H22N6O/c1-15-17(14-23-26(15)19-7-3-4-10-21-19)20(27)24-18-9-8-16(13-22-18)25-11-5-2-6-12-25/h3-4,7-10,13-14H,2,5-6,11-12H2,1H3,(H,22,24,27). The zero-order chi connectivity index (χ0) is 18.6. The van der Waals surface area contributed by atoms with E-state index in [0.29, 0.717) is 17.2 Å². The Morgan fingerprint density at radius 3 is 2.59 bits per heavy atom. The molecule has 27 heavy (non-hydrogen) atoms. The van der Waals surface area contributed by atoms with Gasteiger partial charge in [-0.05, 0) is 50.5 Å². The molecule has 1 amide bonds. The lowest BCUT2D eigenvalue weighted by atomic mass is 10.1. The van der Waals surface area contributed by atoms with Crippen molar-refractivity contribution < 1.29 is 4.79 Å². The first-order valence-electron chi connectivity index (χ1n) is 9.21. The van der Waals surface area contributed by atoms with Crippen molar-refractivity contribution in [3.8, 4) is 5.82 Å². The molecule has 0 atom stereocenters. The average Bonchev–Trinajstić information content (AvgIpc) is 3.11. The number of nitrogens with zero attached hydrogens (tertiary/aromatic N) is 5. The molecule has 0 saturated carbocycles. The molecule has 1 saturated heterocycles. The van der Waals surface area contributed by atoms with Gasteiger partial charge in [0, 0.05) is 19.3 Å². The molecule has 7 heteroatoms. The average molecular weight is 362 g/mol. The number of aromatic nitrogens is 4. The summed E-state index contributed by atoms with van der Waals surface area (Å²) in [5.41, 5.74) is 2.34. The van der Waals surface area contributed by atoms with Gasteiger partial charge in [-0.3, -0.25) is 4.79 Å². The Labute approximate surface area is 158 Å². The van der Waals surface area contributed by atoms with Gasteiger partial charge in [-0.25, -0.2) is 14.6 Å². The van der Waals surface area contributed by atoms with Crippen LogP contribution in [0, 0.1) is 6.92 Å². The lowest BCUT2D eigenvalue weighted by Crippen LogP contribution is -2.29. The Balaban J connectivity index is 1.47. The highest BCUT2D eigenvalue weighted by Crippen LogP contribution is 2.20. The van der Waals surface area contributed by atoms with Crippen molar-refractivity contribution in [2.45, 2.75) is 26.2 Å². The Bertz CT molecular complexity index is 913.